The summed E-state index contributed by atoms with van der Waals surface area (Å²) in [7, 11) is 0. The molecule has 3 nitrogen and oxygen atoms in total. The van der Waals surface area contributed by atoms with Crippen molar-refractivity contribution in [2.45, 2.75) is 0 Å². The van der Waals surface area contributed by atoms with Gasteiger partial charge >= 0.3 is 0 Å². The number of para-hydroxylation sites is 1. The van der Waals surface area contributed by atoms with E-state index in [0.29, 0.717) is 0 Å². The Morgan fingerprint density at radius 3 is 1.60 bits per heavy atom. The van der Waals surface area contributed by atoms with Crippen LogP contribution in [-0.2, 0) is 0 Å². The Hall–Kier alpha value is -0.950. The molecule has 0 radical (unpaired) electrons. The van der Waals surface area contributed by atoms with Crippen molar-refractivity contribution >= 4 is 9.90 Å². The van der Waals surface area contributed by atoms with Crippen LogP contribution in [0.3, 0.4) is 0 Å². The normalized spacial score (nSPS) is 8.40. The second kappa shape index (κ2) is 3.28. The number of hydrogen-bond donors (Lipinski definition) is 3. The van der Waals surface area contributed by atoms with Gasteiger partial charge < -0.3 is 15.3 Å². The molecule has 1 rings (SSSR count). The summed E-state index contributed by atoms with van der Waals surface area (Å²) in [5, 5.41) is 26.1. The van der Waals surface area contributed by atoms with E-state index in [2.05, 4.69) is 0 Å². The minimum Gasteiger partial charge on any atom is -0.504 e. The van der Waals surface area contributed by atoms with Crippen molar-refractivity contribution in [1.82, 2.24) is 0 Å². The summed E-state index contributed by atoms with van der Waals surface area (Å²) < 4.78 is 0. The van der Waals surface area contributed by atoms with Crippen LogP contribution in [0.15, 0.2) is 18.2 Å². The number of aromatic hydroxyl groups is 3. The summed E-state index contributed by atoms with van der Waals surface area (Å²) in [5.41, 5.74) is 0. The highest BCUT2D eigenvalue weighted by molar-refractivity contribution is 6.92. The van der Waals surface area contributed by atoms with Crippen LogP contribution in [-0.4, -0.2) is 15.3 Å². The predicted molar refractivity (Wildman–Crippen MR) is 42.5 cm³/mol. The Kier molecular flexibility index (Phi) is 2.97. The molecule has 1 aromatic rings. The lowest BCUT2D eigenvalue weighted by Crippen LogP contribution is -1.67. The molecule has 56 valence electrons. The van der Waals surface area contributed by atoms with Gasteiger partial charge in [0.05, 0.1) is 0 Å². The SMILES string of the molecule is Oc1cccc(O)c1O.P. The lowest BCUT2D eigenvalue weighted by molar-refractivity contribution is 0.368. The van der Waals surface area contributed by atoms with E-state index >= 15 is 0 Å². The second-order valence-electron chi connectivity index (χ2n) is 1.64. The monoisotopic (exact) mass is 160 g/mol. The minimum absolute atomic E-state index is 0. The molecule has 4 heteroatoms. The van der Waals surface area contributed by atoms with Crippen LogP contribution in [0.1, 0.15) is 0 Å². The van der Waals surface area contributed by atoms with Gasteiger partial charge in [-0.25, -0.2) is 0 Å². The van der Waals surface area contributed by atoms with Crippen LogP contribution in [0.4, 0.5) is 0 Å². The molecule has 0 aliphatic heterocycles. The van der Waals surface area contributed by atoms with Gasteiger partial charge in [-0.3, -0.25) is 0 Å². The largest absolute Gasteiger partial charge is 0.504 e. The summed E-state index contributed by atoms with van der Waals surface area (Å²) in [6.45, 7) is 0. The van der Waals surface area contributed by atoms with Gasteiger partial charge in [0.1, 0.15) is 0 Å². The maximum Gasteiger partial charge on any atom is 0.200 e. The molecule has 1 aromatic carbocycles. The molecular formula is C6H9O3P. The first kappa shape index (κ1) is 9.05. The first-order valence-electron chi connectivity index (χ1n) is 2.41. The first-order valence-corrected chi connectivity index (χ1v) is 2.41. The van der Waals surface area contributed by atoms with Crippen LogP contribution in [0, 0.1) is 0 Å². The highest BCUT2D eigenvalue weighted by Crippen LogP contribution is 2.32. The Balaban J connectivity index is 0.000000810. The average Bonchev–Trinajstić information content (AvgIpc) is 1.83. The molecule has 0 spiro atoms. The topological polar surface area (TPSA) is 60.7 Å². The van der Waals surface area contributed by atoms with Gasteiger partial charge in [-0.1, -0.05) is 6.07 Å². The van der Waals surface area contributed by atoms with Crippen LogP contribution in [0.2, 0.25) is 0 Å². The van der Waals surface area contributed by atoms with Crippen molar-refractivity contribution in [3.63, 3.8) is 0 Å². The molecular weight excluding hydrogens is 151 g/mol. The molecule has 0 aliphatic rings. The molecule has 0 fully saturated rings. The highest BCUT2D eigenvalue weighted by Gasteiger charge is 2.00. The number of phenols is 3. The fourth-order valence-corrected chi connectivity index (χ4v) is 0.519. The van der Waals surface area contributed by atoms with Crippen molar-refractivity contribution in [2.24, 2.45) is 0 Å². The number of hydrogen-bond acceptors (Lipinski definition) is 3. The number of phenolic OH excluding ortho intramolecular Hbond substituents is 3. The van der Waals surface area contributed by atoms with Crippen molar-refractivity contribution in [3.05, 3.63) is 18.2 Å². The second-order valence-corrected chi connectivity index (χ2v) is 1.64. The standard InChI is InChI=1S/C6H6O3.H3P/c7-4-2-1-3-5(8)6(4)9;/h1-3,7-9H;1H3. The predicted octanol–water partition coefficient (Wildman–Crippen LogP) is 0.861. The number of benzene rings is 1. The van der Waals surface area contributed by atoms with Crippen molar-refractivity contribution < 1.29 is 15.3 Å². The summed E-state index contributed by atoms with van der Waals surface area (Å²) in [5.74, 6) is -1.09. The van der Waals surface area contributed by atoms with E-state index in [4.69, 9.17) is 15.3 Å². The fraction of sp³-hybridized carbons (Fsp3) is 0. The zero-order chi connectivity index (χ0) is 6.85. The van der Waals surface area contributed by atoms with Crippen LogP contribution >= 0.6 is 9.90 Å². The van der Waals surface area contributed by atoms with Crippen LogP contribution in [0.5, 0.6) is 17.2 Å². The van der Waals surface area contributed by atoms with Gasteiger partial charge in [0.15, 0.2) is 17.2 Å². The molecule has 0 saturated heterocycles. The zero-order valence-corrected chi connectivity index (χ0v) is 6.70. The first-order chi connectivity index (χ1) is 4.22. The lowest BCUT2D eigenvalue weighted by Gasteiger charge is -1.96. The summed E-state index contributed by atoms with van der Waals surface area (Å²) in [6, 6.07) is 4.01. The highest BCUT2D eigenvalue weighted by atomic mass is 31.0. The molecule has 10 heavy (non-hydrogen) atoms. The van der Waals surface area contributed by atoms with Gasteiger partial charge in [0, 0.05) is 0 Å². The zero-order valence-electron chi connectivity index (χ0n) is 5.28. The van der Waals surface area contributed by atoms with E-state index in [0.717, 1.165) is 0 Å². The Bertz CT molecular complexity index is 204. The summed E-state index contributed by atoms with van der Waals surface area (Å²) in [4.78, 5) is 0. The average molecular weight is 160 g/mol. The third kappa shape index (κ3) is 1.52. The molecule has 1 atom stereocenters. The minimum atomic E-state index is -0.475. The van der Waals surface area contributed by atoms with E-state index in [1.54, 1.807) is 0 Å². The van der Waals surface area contributed by atoms with Crippen LogP contribution in [0.25, 0.3) is 0 Å². The molecule has 3 N–H and O–H groups in total. The molecule has 0 aliphatic carbocycles. The van der Waals surface area contributed by atoms with E-state index in [1.165, 1.54) is 18.2 Å². The third-order valence-corrected chi connectivity index (χ3v) is 0.993. The smallest absolute Gasteiger partial charge is 0.200 e. The Labute approximate surface area is 61.6 Å². The van der Waals surface area contributed by atoms with Gasteiger partial charge in [-0.05, 0) is 12.1 Å². The van der Waals surface area contributed by atoms with Gasteiger partial charge in [0.25, 0.3) is 0 Å². The van der Waals surface area contributed by atoms with Crippen molar-refractivity contribution in [2.75, 3.05) is 0 Å². The maximum absolute atomic E-state index is 8.71. The van der Waals surface area contributed by atoms with Gasteiger partial charge in [0.2, 0.25) is 0 Å². The van der Waals surface area contributed by atoms with E-state index in [1.807, 2.05) is 0 Å². The van der Waals surface area contributed by atoms with E-state index < -0.39 is 5.75 Å². The maximum atomic E-state index is 8.71. The van der Waals surface area contributed by atoms with Crippen molar-refractivity contribution in [3.8, 4) is 17.2 Å². The van der Waals surface area contributed by atoms with Gasteiger partial charge in [-0.2, -0.15) is 9.90 Å². The third-order valence-electron chi connectivity index (χ3n) is 0.993. The van der Waals surface area contributed by atoms with Crippen LogP contribution < -0.4 is 0 Å². The molecule has 0 saturated carbocycles. The fourth-order valence-electron chi connectivity index (χ4n) is 0.519. The summed E-state index contributed by atoms with van der Waals surface area (Å²) in [6.07, 6.45) is 0. The quantitative estimate of drug-likeness (QED) is 0.389. The Morgan fingerprint density at radius 1 is 0.900 bits per heavy atom. The number of rotatable bonds is 0. The molecule has 0 amide bonds. The van der Waals surface area contributed by atoms with Crippen molar-refractivity contribution in [1.29, 1.82) is 0 Å². The van der Waals surface area contributed by atoms with E-state index in [9.17, 15) is 0 Å². The molecule has 1 unspecified atom stereocenters. The van der Waals surface area contributed by atoms with E-state index in [-0.39, 0.29) is 21.4 Å². The Morgan fingerprint density at radius 2 is 1.30 bits per heavy atom. The molecule has 0 heterocycles. The molecule has 0 bridgehead atoms. The molecule has 0 aromatic heterocycles. The van der Waals surface area contributed by atoms with Gasteiger partial charge in [-0.15, -0.1) is 0 Å². The summed E-state index contributed by atoms with van der Waals surface area (Å²) >= 11 is 0. The lowest BCUT2D eigenvalue weighted by atomic mass is 10.3.